The van der Waals surface area contributed by atoms with Gasteiger partial charge < -0.3 is 15.2 Å². The second-order valence-electron chi connectivity index (χ2n) is 8.15. The van der Waals surface area contributed by atoms with Gasteiger partial charge in [0.25, 0.3) is 5.91 Å². The van der Waals surface area contributed by atoms with Gasteiger partial charge in [0.2, 0.25) is 5.92 Å². The van der Waals surface area contributed by atoms with Gasteiger partial charge >= 0.3 is 0 Å². The fraction of sp³-hybridized carbons (Fsp3) is 0.571. The van der Waals surface area contributed by atoms with Crippen molar-refractivity contribution in [2.75, 3.05) is 13.1 Å². The second-order valence-corrected chi connectivity index (χ2v) is 8.56. The van der Waals surface area contributed by atoms with Crippen molar-refractivity contribution in [2.45, 2.75) is 57.0 Å². The molecule has 2 N–H and O–H groups in total. The Bertz CT molecular complexity index is 861. The van der Waals surface area contributed by atoms with Crippen LogP contribution in [0.15, 0.2) is 24.4 Å². The fourth-order valence-electron chi connectivity index (χ4n) is 4.56. The summed E-state index contributed by atoms with van der Waals surface area (Å²) < 4.78 is 29.3. The van der Waals surface area contributed by atoms with Crippen LogP contribution in [-0.2, 0) is 6.54 Å². The van der Waals surface area contributed by atoms with Gasteiger partial charge in [-0.25, -0.2) is 8.78 Å². The van der Waals surface area contributed by atoms with E-state index in [1.807, 2.05) is 18.3 Å². The van der Waals surface area contributed by atoms with E-state index in [4.69, 9.17) is 11.6 Å². The number of rotatable bonds is 5. The number of hydrogen-bond acceptors (Lipinski definition) is 2. The SMILES string of the molecule is O=C(NCC1CCCC(F)(F)C1)c1cn(CC2CCCN2)c2cccc(Cl)c12. The molecule has 0 spiro atoms. The number of carbonyl (C=O) groups excluding carboxylic acids is 1. The third kappa shape index (κ3) is 4.18. The van der Waals surface area contributed by atoms with Crippen molar-refractivity contribution >= 4 is 28.4 Å². The van der Waals surface area contributed by atoms with Crippen LogP contribution in [0.25, 0.3) is 10.9 Å². The molecule has 2 aliphatic rings. The van der Waals surface area contributed by atoms with Gasteiger partial charge in [-0.15, -0.1) is 0 Å². The maximum atomic E-state index is 13.6. The molecule has 1 amide bonds. The average molecular weight is 410 g/mol. The average Bonchev–Trinajstić information content (AvgIpc) is 3.28. The molecule has 2 heterocycles. The number of aromatic nitrogens is 1. The van der Waals surface area contributed by atoms with Crippen molar-refractivity contribution in [1.29, 1.82) is 0 Å². The van der Waals surface area contributed by atoms with Crippen LogP contribution in [0, 0.1) is 5.92 Å². The highest BCUT2D eigenvalue weighted by Gasteiger charge is 2.36. The molecule has 28 heavy (non-hydrogen) atoms. The highest BCUT2D eigenvalue weighted by Crippen LogP contribution is 2.36. The normalized spacial score (nSPS) is 24.5. The summed E-state index contributed by atoms with van der Waals surface area (Å²) >= 11 is 6.41. The number of hydrogen-bond donors (Lipinski definition) is 2. The van der Waals surface area contributed by atoms with Crippen LogP contribution >= 0.6 is 11.6 Å². The van der Waals surface area contributed by atoms with E-state index in [0.717, 1.165) is 43.3 Å². The van der Waals surface area contributed by atoms with Crippen LogP contribution in [0.5, 0.6) is 0 Å². The summed E-state index contributed by atoms with van der Waals surface area (Å²) in [5.74, 6) is -3.04. The Morgan fingerprint density at radius 1 is 1.32 bits per heavy atom. The lowest BCUT2D eigenvalue weighted by atomic mass is 9.86. The van der Waals surface area contributed by atoms with Crippen LogP contribution in [0.1, 0.15) is 48.9 Å². The molecule has 0 radical (unpaired) electrons. The van der Waals surface area contributed by atoms with Gasteiger partial charge in [-0.3, -0.25) is 4.79 Å². The lowest BCUT2D eigenvalue weighted by Crippen LogP contribution is -2.35. The van der Waals surface area contributed by atoms with Gasteiger partial charge in [0.1, 0.15) is 0 Å². The fourth-order valence-corrected chi connectivity index (χ4v) is 4.84. The number of halogens is 3. The monoisotopic (exact) mass is 409 g/mol. The van der Waals surface area contributed by atoms with Crippen LogP contribution < -0.4 is 10.6 Å². The highest BCUT2D eigenvalue weighted by atomic mass is 35.5. The van der Waals surface area contributed by atoms with Crippen molar-refractivity contribution in [3.63, 3.8) is 0 Å². The third-order valence-corrected chi connectivity index (χ3v) is 6.29. The molecule has 2 unspecified atom stereocenters. The van der Waals surface area contributed by atoms with E-state index in [0.29, 0.717) is 23.0 Å². The number of fused-ring (bicyclic) bond motifs is 1. The minimum Gasteiger partial charge on any atom is -0.352 e. The molecule has 0 bridgehead atoms. The Labute approximate surface area is 168 Å². The first-order valence-electron chi connectivity index (χ1n) is 10.1. The number of alkyl halides is 2. The van der Waals surface area contributed by atoms with Crippen molar-refractivity contribution in [2.24, 2.45) is 5.92 Å². The summed E-state index contributed by atoms with van der Waals surface area (Å²) in [4.78, 5) is 12.9. The Kier molecular flexibility index (Phi) is 5.61. The largest absolute Gasteiger partial charge is 0.352 e. The van der Waals surface area contributed by atoms with Gasteiger partial charge in [-0.1, -0.05) is 17.7 Å². The zero-order valence-electron chi connectivity index (χ0n) is 15.8. The maximum Gasteiger partial charge on any atom is 0.253 e. The predicted octanol–water partition coefficient (Wildman–Crippen LogP) is 4.60. The van der Waals surface area contributed by atoms with Gasteiger partial charge in [-0.05, 0) is 50.3 Å². The number of nitrogens with zero attached hydrogens (tertiary/aromatic N) is 1. The molecule has 4 nitrogen and oxygen atoms in total. The van der Waals surface area contributed by atoms with E-state index in [1.165, 1.54) is 0 Å². The standard InChI is InChI=1S/C21H26ClF2N3O/c22-17-6-1-7-18-19(17)16(13-27(18)12-15-5-3-9-25-15)20(28)26-11-14-4-2-8-21(23,24)10-14/h1,6-7,13-15,25H,2-5,8-12H2,(H,26,28). The Morgan fingerprint density at radius 2 is 2.18 bits per heavy atom. The second kappa shape index (κ2) is 7.99. The minimum absolute atomic E-state index is 0.0459. The smallest absolute Gasteiger partial charge is 0.253 e. The van der Waals surface area contributed by atoms with Crippen molar-refractivity contribution in [1.82, 2.24) is 15.2 Å². The Balaban J connectivity index is 1.53. The van der Waals surface area contributed by atoms with Gasteiger partial charge in [-0.2, -0.15) is 0 Å². The Morgan fingerprint density at radius 3 is 2.93 bits per heavy atom. The summed E-state index contributed by atoms with van der Waals surface area (Å²) in [5.41, 5.74) is 1.44. The van der Waals surface area contributed by atoms with Gasteiger partial charge in [0, 0.05) is 43.6 Å². The molecular formula is C21H26ClF2N3O. The molecule has 2 aromatic rings. The molecule has 1 aromatic carbocycles. The molecular weight excluding hydrogens is 384 g/mol. The third-order valence-electron chi connectivity index (χ3n) is 5.97. The molecule has 2 atom stereocenters. The van der Waals surface area contributed by atoms with E-state index >= 15 is 0 Å². The van der Waals surface area contributed by atoms with Crippen LogP contribution in [0.2, 0.25) is 5.02 Å². The van der Waals surface area contributed by atoms with E-state index in [9.17, 15) is 13.6 Å². The first-order valence-corrected chi connectivity index (χ1v) is 10.5. The summed E-state index contributed by atoms with van der Waals surface area (Å²) in [6.45, 7) is 2.07. The van der Waals surface area contributed by atoms with E-state index in [1.54, 1.807) is 6.07 Å². The number of nitrogens with one attached hydrogen (secondary N) is 2. The Hall–Kier alpha value is -1.66. The van der Waals surface area contributed by atoms with Gasteiger partial charge in [0.15, 0.2) is 0 Å². The molecule has 2 fully saturated rings. The molecule has 4 rings (SSSR count). The first-order chi connectivity index (χ1) is 13.4. The summed E-state index contributed by atoms with van der Waals surface area (Å²) in [5, 5.41) is 7.61. The molecule has 1 saturated carbocycles. The molecule has 1 aliphatic heterocycles. The first kappa shape index (κ1) is 19.6. The van der Waals surface area contributed by atoms with Crippen molar-refractivity contribution in [3.8, 4) is 0 Å². The van der Waals surface area contributed by atoms with E-state index in [2.05, 4.69) is 15.2 Å². The lowest BCUT2D eigenvalue weighted by molar-refractivity contribution is -0.0518. The summed E-state index contributed by atoms with van der Waals surface area (Å²) in [6.07, 6.45) is 5.15. The number of benzene rings is 1. The molecule has 7 heteroatoms. The van der Waals surface area contributed by atoms with Crippen molar-refractivity contribution < 1.29 is 13.6 Å². The lowest BCUT2D eigenvalue weighted by Gasteiger charge is -2.28. The number of amides is 1. The molecule has 1 saturated heterocycles. The zero-order valence-corrected chi connectivity index (χ0v) is 16.6. The van der Waals surface area contributed by atoms with E-state index in [-0.39, 0.29) is 31.2 Å². The molecule has 1 aliphatic carbocycles. The number of carbonyl (C=O) groups is 1. The van der Waals surface area contributed by atoms with E-state index < -0.39 is 5.92 Å². The highest BCUT2D eigenvalue weighted by molar-refractivity contribution is 6.36. The minimum atomic E-state index is -2.61. The van der Waals surface area contributed by atoms with Gasteiger partial charge in [0.05, 0.1) is 16.1 Å². The summed E-state index contributed by atoms with van der Waals surface area (Å²) in [7, 11) is 0. The predicted molar refractivity (Wildman–Crippen MR) is 107 cm³/mol. The zero-order chi connectivity index (χ0) is 19.7. The molecule has 152 valence electrons. The van der Waals surface area contributed by atoms with Crippen molar-refractivity contribution in [3.05, 3.63) is 35.0 Å². The maximum absolute atomic E-state index is 13.6. The van der Waals surface area contributed by atoms with Crippen LogP contribution in [0.4, 0.5) is 8.78 Å². The quantitative estimate of drug-likeness (QED) is 0.758. The topological polar surface area (TPSA) is 46.1 Å². The molecule has 1 aromatic heterocycles. The summed E-state index contributed by atoms with van der Waals surface area (Å²) in [6, 6.07) is 6.01. The van der Waals surface area contributed by atoms with Crippen LogP contribution in [0.3, 0.4) is 0 Å². The van der Waals surface area contributed by atoms with Crippen LogP contribution in [-0.4, -0.2) is 35.5 Å².